The Labute approximate surface area is 363 Å². The second-order valence-electron chi connectivity index (χ2n) is 16.1. The third-order valence-corrected chi connectivity index (χ3v) is 12.6. The minimum Gasteiger partial charge on any atom is -0.458 e. The molecule has 0 bridgehead atoms. The molecule has 0 fully saturated rings. The number of hydrogen-bond donors (Lipinski definition) is 0. The van der Waals surface area contributed by atoms with Gasteiger partial charge in [0, 0.05) is 52.1 Å². The molecule has 13 rings (SSSR count). The van der Waals surface area contributed by atoms with Gasteiger partial charge in [0.05, 0.1) is 11.4 Å². The van der Waals surface area contributed by atoms with Crippen LogP contribution in [0.3, 0.4) is 0 Å². The van der Waals surface area contributed by atoms with Gasteiger partial charge < -0.3 is 9.47 Å². The lowest BCUT2D eigenvalue weighted by Gasteiger charge is -2.36. The van der Waals surface area contributed by atoms with E-state index >= 15 is 0 Å². The van der Waals surface area contributed by atoms with Crippen LogP contribution in [0, 0.1) is 0 Å². The van der Waals surface area contributed by atoms with E-state index in [4.69, 9.17) is 19.4 Å². The Bertz CT molecular complexity index is 3380. The van der Waals surface area contributed by atoms with E-state index in [1.54, 1.807) is 0 Å². The number of nitrogens with zero attached hydrogens (tertiary/aromatic N) is 4. The summed E-state index contributed by atoms with van der Waals surface area (Å²) in [6, 6.07) is 70.3. The van der Waals surface area contributed by atoms with Crippen LogP contribution in [0.2, 0.25) is 0 Å². The van der Waals surface area contributed by atoms with Gasteiger partial charge >= 0.3 is 0 Å². The largest absolute Gasteiger partial charge is 0.458 e. The van der Waals surface area contributed by atoms with Gasteiger partial charge in [0.1, 0.15) is 34.6 Å². The van der Waals surface area contributed by atoms with E-state index < -0.39 is 0 Å². The lowest BCUT2D eigenvalue weighted by molar-refractivity contribution is 0.465. The third-order valence-electron chi connectivity index (χ3n) is 12.6. The number of pyridine rings is 2. The smallest absolute Gasteiger partial charge is 0.262 e. The van der Waals surface area contributed by atoms with Crippen LogP contribution in [-0.2, 0) is 0 Å². The van der Waals surface area contributed by atoms with E-state index in [9.17, 15) is 0 Å². The molecule has 0 aliphatic carbocycles. The highest BCUT2D eigenvalue weighted by Gasteiger charge is 2.43. The summed E-state index contributed by atoms with van der Waals surface area (Å²) in [5, 5.41) is 9.06. The average molecular weight is 807 g/mol. The fraction of sp³-hybridized carbons (Fsp3) is 0. The standard InChI is InChI=1S/C56H35BN4O2/c1-3-16-38-32-40(28-26-36(38)14-1)60(52-24-9-11-30-58-52)46-34-50-54(44-20-7-5-18-42(44)46)57-55-45-21-8-6-19-43(45)47(35-51(55)63-49-23-13-22-48(62-50)56(49)57)61(53-25-10-12-31-59-53)41-29-27-37-15-2-4-17-39(37)33-41/h1-35H. The molecule has 0 saturated carbocycles. The van der Waals surface area contributed by atoms with Gasteiger partial charge in [-0.3, -0.25) is 9.80 Å². The summed E-state index contributed by atoms with van der Waals surface area (Å²) in [6.45, 7) is -0.200. The molecule has 294 valence electrons. The minimum absolute atomic E-state index is 0.200. The van der Waals surface area contributed by atoms with Crippen LogP contribution in [-0.4, -0.2) is 16.7 Å². The maximum Gasteiger partial charge on any atom is 0.262 e. The zero-order valence-corrected chi connectivity index (χ0v) is 33.9. The first kappa shape index (κ1) is 35.4. The molecule has 0 unspecified atom stereocenters. The molecule has 0 N–H and O–H groups in total. The molecule has 4 heterocycles. The predicted octanol–water partition coefficient (Wildman–Crippen LogP) is 12.8. The fourth-order valence-corrected chi connectivity index (χ4v) is 9.89. The highest BCUT2D eigenvalue weighted by Crippen LogP contribution is 2.47. The van der Waals surface area contributed by atoms with Crippen molar-refractivity contribution in [1.29, 1.82) is 0 Å². The Hall–Kier alpha value is -8.42. The quantitative estimate of drug-likeness (QED) is 0.156. The zero-order chi connectivity index (χ0) is 41.4. The highest BCUT2D eigenvalue weighted by molar-refractivity contribution is 7.01. The minimum atomic E-state index is -0.200. The van der Waals surface area contributed by atoms with Gasteiger partial charge in [-0.2, -0.15) is 0 Å². The van der Waals surface area contributed by atoms with E-state index in [1.807, 2.05) is 42.7 Å². The molecule has 9 aromatic carbocycles. The first-order valence-electron chi connectivity index (χ1n) is 21.2. The van der Waals surface area contributed by atoms with Crippen molar-refractivity contribution in [2.45, 2.75) is 0 Å². The zero-order valence-electron chi connectivity index (χ0n) is 33.9. The van der Waals surface area contributed by atoms with Crippen molar-refractivity contribution >= 4 is 101 Å². The normalized spacial score (nSPS) is 12.3. The molecular formula is C56H35BN4O2. The number of hydrogen-bond acceptors (Lipinski definition) is 6. The van der Waals surface area contributed by atoms with Crippen molar-refractivity contribution in [1.82, 2.24) is 9.97 Å². The number of benzene rings is 9. The van der Waals surface area contributed by atoms with Crippen LogP contribution in [0.25, 0.3) is 43.1 Å². The van der Waals surface area contributed by atoms with Gasteiger partial charge in [0.2, 0.25) is 0 Å². The second kappa shape index (κ2) is 14.1. The Kier molecular flexibility index (Phi) is 7.90. The summed E-state index contributed by atoms with van der Waals surface area (Å²) >= 11 is 0. The molecule has 0 amide bonds. The molecule has 63 heavy (non-hydrogen) atoms. The van der Waals surface area contributed by atoms with Crippen molar-refractivity contribution in [2.75, 3.05) is 9.80 Å². The monoisotopic (exact) mass is 806 g/mol. The topological polar surface area (TPSA) is 50.7 Å². The lowest BCUT2D eigenvalue weighted by atomic mass is 9.33. The molecule has 2 aromatic heterocycles. The highest BCUT2D eigenvalue weighted by atomic mass is 16.5. The third kappa shape index (κ3) is 5.60. The summed E-state index contributed by atoms with van der Waals surface area (Å²) < 4.78 is 14.1. The van der Waals surface area contributed by atoms with Gasteiger partial charge in [-0.25, -0.2) is 9.97 Å². The van der Waals surface area contributed by atoms with Crippen LogP contribution < -0.4 is 35.7 Å². The molecule has 0 spiro atoms. The van der Waals surface area contributed by atoms with Gasteiger partial charge in [-0.1, -0.05) is 127 Å². The molecule has 6 nitrogen and oxygen atoms in total. The first-order valence-corrected chi connectivity index (χ1v) is 21.2. The molecule has 0 atom stereocenters. The van der Waals surface area contributed by atoms with E-state index in [-0.39, 0.29) is 6.71 Å². The number of fused-ring (bicyclic) bond motifs is 10. The van der Waals surface area contributed by atoms with E-state index in [1.165, 1.54) is 10.8 Å². The Balaban J connectivity index is 1.06. The molecule has 0 saturated heterocycles. The maximum atomic E-state index is 7.06. The maximum absolute atomic E-state index is 7.06. The van der Waals surface area contributed by atoms with Gasteiger partial charge in [-0.15, -0.1) is 0 Å². The van der Waals surface area contributed by atoms with Crippen LogP contribution in [0.15, 0.2) is 213 Å². The summed E-state index contributed by atoms with van der Waals surface area (Å²) in [6.07, 6.45) is 3.71. The fourth-order valence-electron chi connectivity index (χ4n) is 9.89. The Morgan fingerprint density at radius 2 is 0.762 bits per heavy atom. The molecule has 2 aliphatic heterocycles. The number of rotatable bonds is 6. The van der Waals surface area contributed by atoms with E-state index in [2.05, 4.69) is 180 Å². The number of anilines is 6. The van der Waals surface area contributed by atoms with Crippen LogP contribution >= 0.6 is 0 Å². The van der Waals surface area contributed by atoms with Crippen molar-refractivity contribution in [2.24, 2.45) is 0 Å². The van der Waals surface area contributed by atoms with E-state index in [0.29, 0.717) is 0 Å². The second-order valence-corrected chi connectivity index (χ2v) is 16.1. The summed E-state index contributed by atoms with van der Waals surface area (Å²) in [4.78, 5) is 14.4. The van der Waals surface area contributed by atoms with Gasteiger partial charge in [-0.05, 0) is 104 Å². The Morgan fingerprint density at radius 1 is 0.333 bits per heavy atom. The molecule has 7 heteroatoms. The van der Waals surface area contributed by atoms with Gasteiger partial charge in [0.25, 0.3) is 6.71 Å². The van der Waals surface area contributed by atoms with Crippen LogP contribution in [0.4, 0.5) is 34.4 Å². The molecule has 0 radical (unpaired) electrons. The van der Waals surface area contributed by atoms with Gasteiger partial charge in [0.15, 0.2) is 0 Å². The number of aromatic nitrogens is 2. The van der Waals surface area contributed by atoms with Crippen LogP contribution in [0.1, 0.15) is 0 Å². The first-order chi connectivity index (χ1) is 31.2. The van der Waals surface area contributed by atoms with Crippen LogP contribution in [0.5, 0.6) is 23.0 Å². The van der Waals surface area contributed by atoms with Crippen molar-refractivity contribution in [3.8, 4) is 23.0 Å². The van der Waals surface area contributed by atoms with Crippen molar-refractivity contribution in [3.05, 3.63) is 213 Å². The molecular weight excluding hydrogens is 771 g/mol. The average Bonchev–Trinajstić information content (AvgIpc) is 3.34. The lowest BCUT2D eigenvalue weighted by Crippen LogP contribution is -2.58. The van der Waals surface area contributed by atoms with Crippen molar-refractivity contribution in [3.63, 3.8) is 0 Å². The predicted molar refractivity (Wildman–Crippen MR) is 259 cm³/mol. The molecule has 11 aromatic rings. The summed E-state index contributed by atoms with van der Waals surface area (Å²) in [7, 11) is 0. The summed E-state index contributed by atoms with van der Waals surface area (Å²) in [5.41, 5.74) is 7.21. The molecule has 2 aliphatic rings. The summed E-state index contributed by atoms with van der Waals surface area (Å²) in [5.74, 6) is 4.79. The van der Waals surface area contributed by atoms with E-state index in [0.717, 1.165) is 106 Å². The SMILES string of the molecule is c1ccc(N(c2ccc3ccccc3c2)c2cc3c(c4ccccc24)B2c4c(cccc4Oc4cc(N(c5ccc6ccccc6c5)c5ccccn5)c5ccccc5c42)O3)nc1. The number of ether oxygens (including phenoxy) is 2. The van der Waals surface area contributed by atoms with Crippen molar-refractivity contribution < 1.29 is 9.47 Å². The Morgan fingerprint density at radius 3 is 1.22 bits per heavy atom.